The van der Waals surface area contributed by atoms with Gasteiger partial charge in [-0.1, -0.05) is 11.6 Å². The van der Waals surface area contributed by atoms with Gasteiger partial charge in [-0.25, -0.2) is 4.98 Å². The van der Waals surface area contributed by atoms with E-state index in [1.807, 2.05) is 0 Å². The van der Waals surface area contributed by atoms with E-state index >= 15 is 0 Å². The smallest absolute Gasteiger partial charge is 0.331 e. The Labute approximate surface area is 152 Å². The number of amides is 2. The highest BCUT2D eigenvalue weighted by Crippen LogP contribution is 2.36. The summed E-state index contributed by atoms with van der Waals surface area (Å²) in [7, 11) is 1.37. The number of hydrogen-bond acceptors (Lipinski definition) is 4. The fraction of sp³-hybridized carbons (Fsp3) is 0.250. The Bertz CT molecular complexity index is 825. The number of carbonyl (C=O) groups is 2. The molecule has 0 spiro atoms. The molecule has 0 saturated heterocycles. The van der Waals surface area contributed by atoms with Gasteiger partial charge in [0.05, 0.1) is 29.0 Å². The van der Waals surface area contributed by atoms with Gasteiger partial charge in [-0.2, -0.15) is 13.2 Å². The molecule has 0 aliphatic rings. The van der Waals surface area contributed by atoms with Crippen molar-refractivity contribution in [3.8, 4) is 0 Å². The third-order valence-corrected chi connectivity index (χ3v) is 3.61. The predicted molar refractivity (Wildman–Crippen MR) is 88.8 cm³/mol. The molecule has 2 aromatic rings. The van der Waals surface area contributed by atoms with Gasteiger partial charge in [0.25, 0.3) is 5.91 Å². The zero-order chi connectivity index (χ0) is 19.5. The molecule has 0 aliphatic carbocycles. The number of anilines is 1. The van der Waals surface area contributed by atoms with Crippen molar-refractivity contribution in [2.75, 3.05) is 18.9 Å². The van der Waals surface area contributed by atoms with E-state index in [4.69, 9.17) is 11.6 Å². The van der Waals surface area contributed by atoms with Crippen LogP contribution in [-0.2, 0) is 11.0 Å². The maximum Gasteiger partial charge on any atom is 0.417 e. The lowest BCUT2D eigenvalue weighted by Crippen LogP contribution is -2.35. The van der Waals surface area contributed by atoms with Crippen LogP contribution in [0.3, 0.4) is 0 Å². The summed E-state index contributed by atoms with van der Waals surface area (Å²) in [4.78, 5) is 33.1. The van der Waals surface area contributed by atoms with Gasteiger partial charge in [0.2, 0.25) is 5.91 Å². The Morgan fingerprint density at radius 1 is 1.23 bits per heavy atom. The molecule has 1 N–H and O–H groups in total. The number of alkyl halides is 3. The van der Waals surface area contributed by atoms with Crippen LogP contribution in [0.4, 0.5) is 18.9 Å². The summed E-state index contributed by atoms with van der Waals surface area (Å²) in [6.45, 7) is 1.33. The lowest BCUT2D eigenvalue weighted by Gasteiger charge is -2.17. The van der Waals surface area contributed by atoms with Crippen molar-refractivity contribution in [1.82, 2.24) is 14.9 Å². The van der Waals surface area contributed by atoms with E-state index < -0.39 is 28.6 Å². The Morgan fingerprint density at radius 2 is 1.92 bits per heavy atom. The van der Waals surface area contributed by atoms with Crippen molar-refractivity contribution in [3.63, 3.8) is 0 Å². The fourth-order valence-electron chi connectivity index (χ4n) is 2.01. The van der Waals surface area contributed by atoms with Gasteiger partial charge in [0.15, 0.2) is 0 Å². The fourth-order valence-corrected chi connectivity index (χ4v) is 2.23. The van der Waals surface area contributed by atoms with Crippen LogP contribution in [0.2, 0.25) is 5.02 Å². The van der Waals surface area contributed by atoms with Crippen molar-refractivity contribution < 1.29 is 22.8 Å². The molecule has 138 valence electrons. The summed E-state index contributed by atoms with van der Waals surface area (Å²) in [5.41, 5.74) is -0.457. The second-order valence-corrected chi connectivity index (χ2v) is 5.85. The summed E-state index contributed by atoms with van der Waals surface area (Å²) < 4.78 is 38.5. The predicted octanol–water partition coefficient (Wildman–Crippen LogP) is 3.17. The maximum absolute atomic E-state index is 12.8. The zero-order valence-electron chi connectivity index (χ0n) is 13.8. The van der Waals surface area contributed by atoms with Gasteiger partial charge >= 0.3 is 6.18 Å². The van der Waals surface area contributed by atoms with Gasteiger partial charge in [-0.3, -0.25) is 14.6 Å². The lowest BCUT2D eigenvalue weighted by atomic mass is 10.2. The lowest BCUT2D eigenvalue weighted by molar-refractivity contribution is -0.137. The first-order chi connectivity index (χ1) is 12.1. The molecule has 0 fully saturated rings. The van der Waals surface area contributed by atoms with Gasteiger partial charge in [-0.05, 0) is 25.1 Å². The molecule has 0 aliphatic heterocycles. The molecular formula is C16H14ClF3N4O2. The van der Waals surface area contributed by atoms with Crippen molar-refractivity contribution >= 4 is 29.1 Å². The largest absolute Gasteiger partial charge is 0.417 e. The highest BCUT2D eigenvalue weighted by molar-refractivity contribution is 6.31. The molecule has 0 saturated carbocycles. The second kappa shape index (κ2) is 7.69. The summed E-state index contributed by atoms with van der Waals surface area (Å²) in [6.07, 6.45) is -1.96. The summed E-state index contributed by atoms with van der Waals surface area (Å²) in [5, 5.41) is 1.83. The minimum atomic E-state index is -4.64. The zero-order valence-corrected chi connectivity index (χ0v) is 14.5. The average molecular weight is 387 g/mol. The van der Waals surface area contributed by atoms with E-state index in [-0.39, 0.29) is 17.9 Å². The van der Waals surface area contributed by atoms with Crippen LogP contribution in [0.15, 0.2) is 30.6 Å². The monoisotopic (exact) mass is 386 g/mol. The Balaban J connectivity index is 2.04. The number of hydrogen-bond donors (Lipinski definition) is 1. The third kappa shape index (κ3) is 4.92. The van der Waals surface area contributed by atoms with Crippen molar-refractivity contribution in [2.24, 2.45) is 0 Å². The number of likely N-dealkylation sites (N-methyl/N-ethyl adjacent to an activating group) is 1. The standard InChI is InChI=1S/C16H14ClF3N4O2/c1-9-6-22-13(7-21-9)15(26)24(2)8-14(25)23-10-3-4-12(17)11(5-10)16(18,19)20/h3-7H,8H2,1-2H3,(H,23,25). The highest BCUT2D eigenvalue weighted by atomic mass is 35.5. The van der Waals surface area contributed by atoms with E-state index in [0.29, 0.717) is 5.69 Å². The molecule has 0 atom stereocenters. The van der Waals surface area contributed by atoms with Crippen LogP contribution in [0.5, 0.6) is 0 Å². The summed E-state index contributed by atoms with van der Waals surface area (Å²) >= 11 is 5.52. The molecule has 26 heavy (non-hydrogen) atoms. The Morgan fingerprint density at radius 3 is 2.50 bits per heavy atom. The maximum atomic E-state index is 12.8. The van der Waals surface area contributed by atoms with E-state index in [9.17, 15) is 22.8 Å². The average Bonchev–Trinajstić information content (AvgIpc) is 2.55. The van der Waals surface area contributed by atoms with E-state index in [2.05, 4.69) is 15.3 Å². The molecule has 10 heteroatoms. The topological polar surface area (TPSA) is 75.2 Å². The van der Waals surface area contributed by atoms with Crippen LogP contribution in [-0.4, -0.2) is 40.3 Å². The van der Waals surface area contributed by atoms with Crippen molar-refractivity contribution in [1.29, 1.82) is 0 Å². The van der Waals surface area contributed by atoms with Crippen LogP contribution in [0.25, 0.3) is 0 Å². The first kappa shape index (κ1) is 19.6. The Kier molecular flexibility index (Phi) is 5.81. The highest BCUT2D eigenvalue weighted by Gasteiger charge is 2.33. The molecule has 2 rings (SSSR count). The van der Waals surface area contributed by atoms with E-state index in [1.54, 1.807) is 6.92 Å². The van der Waals surface area contributed by atoms with E-state index in [1.165, 1.54) is 25.5 Å². The molecular weight excluding hydrogens is 373 g/mol. The van der Waals surface area contributed by atoms with Gasteiger partial charge < -0.3 is 10.2 Å². The minimum Gasteiger partial charge on any atom is -0.331 e. The van der Waals surface area contributed by atoms with Crippen molar-refractivity contribution in [2.45, 2.75) is 13.1 Å². The first-order valence-corrected chi connectivity index (χ1v) is 7.66. The number of carbonyl (C=O) groups excluding carboxylic acids is 2. The second-order valence-electron chi connectivity index (χ2n) is 5.44. The number of nitrogens with zero attached hydrogens (tertiary/aromatic N) is 3. The van der Waals surface area contributed by atoms with Gasteiger partial charge in [0, 0.05) is 18.9 Å². The molecule has 2 amide bonds. The van der Waals surface area contributed by atoms with Gasteiger partial charge in [0.1, 0.15) is 5.69 Å². The molecule has 0 unspecified atom stereocenters. The number of aromatic nitrogens is 2. The number of aryl methyl sites for hydroxylation is 1. The summed E-state index contributed by atoms with van der Waals surface area (Å²) in [5.74, 6) is -1.21. The molecule has 0 radical (unpaired) electrons. The quantitative estimate of drug-likeness (QED) is 0.875. The van der Waals surface area contributed by atoms with Crippen LogP contribution in [0, 0.1) is 6.92 Å². The van der Waals surface area contributed by atoms with Crippen LogP contribution < -0.4 is 5.32 Å². The normalized spacial score (nSPS) is 11.2. The molecule has 1 heterocycles. The SMILES string of the molecule is Cc1cnc(C(=O)N(C)CC(=O)Nc2ccc(Cl)c(C(F)(F)F)c2)cn1. The van der Waals surface area contributed by atoms with E-state index in [0.717, 1.165) is 17.0 Å². The minimum absolute atomic E-state index is 0.0525. The number of rotatable bonds is 4. The molecule has 0 bridgehead atoms. The van der Waals surface area contributed by atoms with Gasteiger partial charge in [-0.15, -0.1) is 0 Å². The number of nitrogens with one attached hydrogen (secondary N) is 1. The Hall–Kier alpha value is -2.68. The number of halogens is 4. The van der Waals surface area contributed by atoms with Crippen LogP contribution in [0.1, 0.15) is 21.7 Å². The first-order valence-electron chi connectivity index (χ1n) is 7.28. The molecule has 6 nitrogen and oxygen atoms in total. The summed E-state index contributed by atoms with van der Waals surface area (Å²) in [6, 6.07) is 3.01. The molecule has 1 aromatic carbocycles. The number of benzene rings is 1. The van der Waals surface area contributed by atoms with Crippen molar-refractivity contribution in [3.05, 3.63) is 52.6 Å². The molecule has 1 aromatic heterocycles. The van der Waals surface area contributed by atoms with Crippen LogP contribution >= 0.6 is 11.6 Å². The third-order valence-electron chi connectivity index (χ3n) is 3.28.